The lowest BCUT2D eigenvalue weighted by Crippen LogP contribution is -2.35. The molecule has 1 saturated heterocycles. The highest BCUT2D eigenvalue weighted by molar-refractivity contribution is 5.90. The van der Waals surface area contributed by atoms with Gasteiger partial charge in [-0.3, -0.25) is 9.69 Å². The van der Waals surface area contributed by atoms with Crippen LogP contribution in [0.15, 0.2) is 41.3 Å². The summed E-state index contributed by atoms with van der Waals surface area (Å²) < 4.78 is 20.5. The van der Waals surface area contributed by atoms with Crippen LogP contribution in [0, 0.1) is 12.7 Å². The van der Waals surface area contributed by atoms with E-state index < -0.39 is 0 Å². The second kappa shape index (κ2) is 8.13. The quantitative estimate of drug-likeness (QED) is 0.504. The van der Waals surface area contributed by atoms with Gasteiger partial charge in [0, 0.05) is 36.0 Å². The molecule has 0 saturated carbocycles. The molecule has 4 heterocycles. The third-order valence-corrected chi connectivity index (χ3v) is 5.52. The fourth-order valence-corrected chi connectivity index (χ4v) is 3.85. The molecule has 32 heavy (non-hydrogen) atoms. The van der Waals surface area contributed by atoms with Gasteiger partial charge >= 0.3 is 0 Å². The maximum Gasteiger partial charge on any atom is 0.250 e. The van der Waals surface area contributed by atoms with Gasteiger partial charge in [-0.2, -0.15) is 4.52 Å². The summed E-state index contributed by atoms with van der Waals surface area (Å²) in [4.78, 5) is 26.3. The second-order valence-electron chi connectivity index (χ2n) is 7.75. The number of fused-ring (bicyclic) bond motifs is 1. The number of aromatic nitrogens is 5. The van der Waals surface area contributed by atoms with Crippen molar-refractivity contribution in [3.8, 4) is 22.4 Å². The van der Waals surface area contributed by atoms with Crippen molar-refractivity contribution in [3.05, 3.63) is 64.1 Å². The number of aromatic amines is 1. The number of pyridine rings is 1. The number of aryl methyl sites for hydroxylation is 1. The number of H-pyrrole nitrogens is 1. The summed E-state index contributed by atoms with van der Waals surface area (Å²) in [6, 6.07) is 7.79. The zero-order valence-corrected chi connectivity index (χ0v) is 17.5. The molecule has 0 spiro atoms. The Morgan fingerprint density at radius 3 is 2.62 bits per heavy atom. The molecule has 3 aromatic heterocycles. The Kier molecular flexibility index (Phi) is 5.16. The van der Waals surface area contributed by atoms with Gasteiger partial charge in [0.25, 0.3) is 5.56 Å². The number of nitrogens with two attached hydrogens (primary N) is 1. The molecular formula is C22H22FN7O2. The summed E-state index contributed by atoms with van der Waals surface area (Å²) >= 11 is 0. The van der Waals surface area contributed by atoms with E-state index >= 15 is 0 Å². The van der Waals surface area contributed by atoms with Gasteiger partial charge in [0.1, 0.15) is 5.82 Å². The predicted octanol–water partition coefficient (Wildman–Crippen LogP) is 2.01. The number of rotatable bonds is 4. The molecule has 4 aromatic rings. The maximum absolute atomic E-state index is 13.6. The van der Waals surface area contributed by atoms with Gasteiger partial charge < -0.3 is 15.5 Å². The van der Waals surface area contributed by atoms with E-state index in [1.807, 2.05) is 0 Å². The van der Waals surface area contributed by atoms with Gasteiger partial charge in [-0.1, -0.05) is 0 Å². The third kappa shape index (κ3) is 3.74. The van der Waals surface area contributed by atoms with Crippen LogP contribution in [0.25, 0.3) is 28.0 Å². The highest BCUT2D eigenvalue weighted by atomic mass is 19.1. The topological polar surface area (TPSA) is 114 Å². The molecule has 9 nitrogen and oxygen atoms in total. The number of morpholine rings is 1. The zero-order chi connectivity index (χ0) is 22.2. The Hall–Kier alpha value is -3.63. The van der Waals surface area contributed by atoms with Crippen molar-refractivity contribution in [2.45, 2.75) is 13.5 Å². The van der Waals surface area contributed by atoms with Crippen molar-refractivity contribution in [2.24, 2.45) is 0 Å². The first kappa shape index (κ1) is 20.3. The Balaban J connectivity index is 1.71. The minimum atomic E-state index is -0.348. The van der Waals surface area contributed by atoms with Crippen LogP contribution in [0.1, 0.15) is 11.4 Å². The number of nitrogen functional groups attached to an aromatic ring is 1. The number of halogens is 1. The molecule has 1 aromatic carbocycles. The average molecular weight is 435 g/mol. The molecule has 0 unspecified atom stereocenters. The van der Waals surface area contributed by atoms with E-state index in [-0.39, 0.29) is 17.3 Å². The van der Waals surface area contributed by atoms with Gasteiger partial charge in [-0.25, -0.2) is 14.4 Å². The fraction of sp³-hybridized carbons (Fsp3) is 0.273. The van der Waals surface area contributed by atoms with Gasteiger partial charge in [0.15, 0.2) is 11.5 Å². The SMILES string of the molecule is Cc1cc(-c2c(-c3ccc(F)cc3)nc(N)n3nc(CN4CCOCC4)nc23)c[nH]c1=O. The van der Waals surface area contributed by atoms with Gasteiger partial charge in [0.05, 0.1) is 31.0 Å². The molecular weight excluding hydrogens is 413 g/mol. The van der Waals surface area contributed by atoms with Gasteiger partial charge in [0.2, 0.25) is 5.95 Å². The zero-order valence-electron chi connectivity index (χ0n) is 17.5. The van der Waals surface area contributed by atoms with Crippen LogP contribution < -0.4 is 11.3 Å². The van der Waals surface area contributed by atoms with Crippen molar-refractivity contribution < 1.29 is 9.13 Å². The summed E-state index contributed by atoms with van der Waals surface area (Å²) in [5.74, 6) is 0.434. The molecule has 1 aliphatic rings. The van der Waals surface area contributed by atoms with Crippen LogP contribution in [0.2, 0.25) is 0 Å². The molecule has 5 rings (SSSR count). The van der Waals surface area contributed by atoms with Crippen molar-refractivity contribution >= 4 is 11.6 Å². The smallest absolute Gasteiger partial charge is 0.250 e. The minimum Gasteiger partial charge on any atom is -0.379 e. The molecule has 1 fully saturated rings. The Morgan fingerprint density at radius 2 is 1.91 bits per heavy atom. The molecule has 3 N–H and O–H groups in total. The fourth-order valence-electron chi connectivity index (χ4n) is 3.85. The standard InChI is InChI=1S/C22H22FN7O2/c1-13-10-15(11-25-21(13)31)18-19(14-2-4-16(23)5-3-14)27-22(24)30-20(18)26-17(28-30)12-29-6-8-32-9-7-29/h2-5,10-11H,6-9,12H2,1H3,(H2,24,27)(H,25,31). The third-order valence-electron chi connectivity index (χ3n) is 5.52. The van der Waals surface area contributed by atoms with Crippen LogP contribution in [0.5, 0.6) is 0 Å². The lowest BCUT2D eigenvalue weighted by Gasteiger charge is -2.25. The molecule has 0 bridgehead atoms. The highest BCUT2D eigenvalue weighted by Crippen LogP contribution is 2.34. The first-order valence-electron chi connectivity index (χ1n) is 10.3. The molecule has 0 atom stereocenters. The van der Waals surface area contributed by atoms with E-state index in [2.05, 4.69) is 20.0 Å². The first-order chi connectivity index (χ1) is 15.5. The van der Waals surface area contributed by atoms with Gasteiger partial charge in [-0.05, 0) is 37.3 Å². The summed E-state index contributed by atoms with van der Waals surface area (Å²) in [7, 11) is 0. The number of nitrogens with zero attached hydrogens (tertiary/aromatic N) is 5. The number of hydrogen-bond acceptors (Lipinski definition) is 7. The molecule has 0 aliphatic carbocycles. The van der Waals surface area contributed by atoms with Crippen LogP contribution >= 0.6 is 0 Å². The Morgan fingerprint density at radius 1 is 1.16 bits per heavy atom. The van der Waals surface area contributed by atoms with Crippen LogP contribution in [-0.4, -0.2) is 55.8 Å². The van der Waals surface area contributed by atoms with E-state index in [0.29, 0.717) is 59.2 Å². The van der Waals surface area contributed by atoms with Crippen LogP contribution in [0.4, 0.5) is 10.3 Å². The monoisotopic (exact) mass is 435 g/mol. The van der Waals surface area contributed by atoms with Crippen LogP contribution in [0.3, 0.4) is 0 Å². The summed E-state index contributed by atoms with van der Waals surface area (Å²) in [5, 5.41) is 4.59. The summed E-state index contributed by atoms with van der Waals surface area (Å²) in [6.07, 6.45) is 1.62. The molecule has 1 aliphatic heterocycles. The second-order valence-corrected chi connectivity index (χ2v) is 7.75. The van der Waals surface area contributed by atoms with Crippen molar-refractivity contribution in [1.29, 1.82) is 0 Å². The highest BCUT2D eigenvalue weighted by Gasteiger charge is 2.22. The maximum atomic E-state index is 13.6. The van der Waals surface area contributed by atoms with E-state index in [1.54, 1.807) is 31.3 Å². The van der Waals surface area contributed by atoms with Gasteiger partial charge in [-0.15, -0.1) is 5.10 Å². The lowest BCUT2D eigenvalue weighted by molar-refractivity contribution is 0.0331. The normalized spacial score (nSPS) is 14.8. The van der Waals surface area contributed by atoms with E-state index in [9.17, 15) is 9.18 Å². The number of nitrogens with one attached hydrogen (secondary N) is 1. The molecule has 164 valence electrons. The van der Waals surface area contributed by atoms with Crippen molar-refractivity contribution in [3.63, 3.8) is 0 Å². The summed E-state index contributed by atoms with van der Waals surface area (Å²) in [6.45, 7) is 5.24. The largest absolute Gasteiger partial charge is 0.379 e. The van der Waals surface area contributed by atoms with E-state index in [0.717, 1.165) is 13.1 Å². The molecule has 0 amide bonds. The molecule has 0 radical (unpaired) electrons. The number of ether oxygens (including phenoxy) is 1. The Bertz CT molecular complexity index is 1340. The van der Waals surface area contributed by atoms with Crippen LogP contribution in [-0.2, 0) is 11.3 Å². The number of anilines is 1. The average Bonchev–Trinajstić information content (AvgIpc) is 3.21. The number of benzene rings is 1. The van der Waals surface area contributed by atoms with E-state index in [1.165, 1.54) is 16.6 Å². The number of hydrogen-bond donors (Lipinski definition) is 2. The minimum absolute atomic E-state index is 0.171. The van der Waals surface area contributed by atoms with Crippen molar-refractivity contribution in [2.75, 3.05) is 32.0 Å². The Labute approximate surface area is 182 Å². The first-order valence-corrected chi connectivity index (χ1v) is 10.3. The van der Waals surface area contributed by atoms with Crippen molar-refractivity contribution in [1.82, 2.24) is 29.5 Å². The predicted molar refractivity (Wildman–Crippen MR) is 117 cm³/mol. The van der Waals surface area contributed by atoms with E-state index in [4.69, 9.17) is 15.5 Å². The summed E-state index contributed by atoms with van der Waals surface area (Å²) in [5.41, 5.74) is 9.73. The lowest BCUT2D eigenvalue weighted by atomic mass is 10.0. The molecule has 10 heteroatoms.